The van der Waals surface area contributed by atoms with Gasteiger partial charge in [0.05, 0.1) is 5.54 Å². The third-order valence-corrected chi connectivity index (χ3v) is 6.89. The van der Waals surface area contributed by atoms with E-state index in [1.807, 2.05) is 4.90 Å². The summed E-state index contributed by atoms with van der Waals surface area (Å²) in [4.78, 5) is 26.3. The van der Waals surface area contributed by atoms with Crippen LogP contribution in [-0.4, -0.2) is 42.1 Å². The van der Waals surface area contributed by atoms with Gasteiger partial charge in [-0.2, -0.15) is 0 Å². The lowest BCUT2D eigenvalue weighted by molar-refractivity contribution is -0.143. The zero-order valence-electron chi connectivity index (χ0n) is 17.5. The van der Waals surface area contributed by atoms with E-state index in [0.717, 1.165) is 19.5 Å². The van der Waals surface area contributed by atoms with Gasteiger partial charge in [0.15, 0.2) is 0 Å². The molecule has 1 aromatic rings. The fourth-order valence-corrected chi connectivity index (χ4v) is 5.10. The van der Waals surface area contributed by atoms with Crippen molar-refractivity contribution in [3.8, 4) is 0 Å². The Morgan fingerprint density at radius 3 is 2.43 bits per heavy atom. The average molecular weight is 385 g/mol. The van der Waals surface area contributed by atoms with E-state index in [-0.39, 0.29) is 28.9 Å². The van der Waals surface area contributed by atoms with Crippen LogP contribution in [0.5, 0.6) is 0 Å². The number of carbonyl (C=O) groups excluding carboxylic acids is 2. The first kappa shape index (κ1) is 19.3. The van der Waals surface area contributed by atoms with Gasteiger partial charge < -0.3 is 15.0 Å². The van der Waals surface area contributed by atoms with Gasteiger partial charge in [-0.3, -0.25) is 4.79 Å². The number of cyclic esters (lactones) is 1. The molecular formula is C23H32N2O3. The van der Waals surface area contributed by atoms with Gasteiger partial charge in [-0.25, -0.2) is 4.79 Å². The van der Waals surface area contributed by atoms with Crippen molar-refractivity contribution in [2.24, 2.45) is 11.8 Å². The number of nitrogens with one attached hydrogen (secondary N) is 1. The number of nitrogens with zero attached hydrogens (tertiary/aromatic N) is 1. The summed E-state index contributed by atoms with van der Waals surface area (Å²) in [5, 5.41) is 2.87. The SMILES string of the molecule is C[C@@H]1CN(C(=O)C2CC3(COC(=O)N3)C2)CC[C@@H]1c1ccc(C(C)(C)C)cc1. The first-order chi connectivity index (χ1) is 13.2. The van der Waals surface area contributed by atoms with Crippen molar-refractivity contribution in [3.05, 3.63) is 35.4 Å². The molecule has 1 aromatic carbocycles. The van der Waals surface area contributed by atoms with Crippen LogP contribution >= 0.6 is 0 Å². The summed E-state index contributed by atoms with van der Waals surface area (Å²) >= 11 is 0. The minimum atomic E-state index is -0.349. The first-order valence-corrected chi connectivity index (χ1v) is 10.5. The van der Waals surface area contributed by atoms with Crippen molar-refractivity contribution in [1.29, 1.82) is 0 Å². The summed E-state index contributed by atoms with van der Waals surface area (Å²) in [6.45, 7) is 11.0. The largest absolute Gasteiger partial charge is 0.447 e. The highest BCUT2D eigenvalue weighted by atomic mass is 16.6. The number of alkyl carbamates (subject to hydrolysis) is 1. The second-order valence-electron chi connectivity index (χ2n) is 10.1. The Hall–Kier alpha value is -2.04. The first-order valence-electron chi connectivity index (χ1n) is 10.5. The summed E-state index contributed by atoms with van der Waals surface area (Å²) in [5.74, 6) is 1.23. The summed E-state index contributed by atoms with van der Waals surface area (Å²) < 4.78 is 5.02. The lowest BCUT2D eigenvalue weighted by Gasteiger charge is -2.46. The van der Waals surface area contributed by atoms with Crippen LogP contribution in [-0.2, 0) is 14.9 Å². The summed E-state index contributed by atoms with van der Waals surface area (Å²) in [6, 6.07) is 9.06. The number of carbonyl (C=O) groups is 2. The Bertz CT molecular complexity index is 759. The lowest BCUT2D eigenvalue weighted by atomic mass is 9.68. The molecule has 0 radical (unpaired) electrons. The van der Waals surface area contributed by atoms with Gasteiger partial charge in [0, 0.05) is 19.0 Å². The molecule has 2 heterocycles. The molecule has 4 rings (SSSR count). The van der Waals surface area contributed by atoms with Crippen LogP contribution in [0.2, 0.25) is 0 Å². The minimum Gasteiger partial charge on any atom is -0.447 e. The van der Waals surface area contributed by atoms with Crippen LogP contribution in [0.3, 0.4) is 0 Å². The fraction of sp³-hybridized carbons (Fsp3) is 0.652. The predicted molar refractivity (Wildman–Crippen MR) is 108 cm³/mol. The molecule has 3 fully saturated rings. The maximum atomic E-state index is 12.9. The molecule has 152 valence electrons. The van der Waals surface area contributed by atoms with Crippen LogP contribution < -0.4 is 5.32 Å². The third-order valence-electron chi connectivity index (χ3n) is 6.89. The maximum Gasteiger partial charge on any atom is 0.407 e. The van der Waals surface area contributed by atoms with Crippen molar-refractivity contribution in [2.75, 3.05) is 19.7 Å². The maximum absolute atomic E-state index is 12.9. The molecule has 2 aliphatic heterocycles. The third kappa shape index (κ3) is 3.51. The number of hydrogen-bond donors (Lipinski definition) is 1. The molecule has 1 saturated carbocycles. The van der Waals surface area contributed by atoms with E-state index in [9.17, 15) is 9.59 Å². The van der Waals surface area contributed by atoms with Crippen LogP contribution in [0, 0.1) is 11.8 Å². The lowest BCUT2D eigenvalue weighted by Crippen LogP contribution is -2.59. The van der Waals surface area contributed by atoms with Crippen molar-refractivity contribution >= 4 is 12.0 Å². The van der Waals surface area contributed by atoms with Crippen molar-refractivity contribution in [3.63, 3.8) is 0 Å². The van der Waals surface area contributed by atoms with E-state index in [1.165, 1.54) is 11.1 Å². The van der Waals surface area contributed by atoms with Gasteiger partial charge in [0.1, 0.15) is 6.61 Å². The molecule has 5 heteroatoms. The number of amides is 2. The van der Waals surface area contributed by atoms with Crippen LogP contribution in [0.25, 0.3) is 0 Å². The zero-order valence-corrected chi connectivity index (χ0v) is 17.5. The molecule has 1 spiro atoms. The summed E-state index contributed by atoms with van der Waals surface area (Å²) in [7, 11) is 0. The van der Waals surface area contributed by atoms with E-state index < -0.39 is 0 Å². The number of benzene rings is 1. The number of rotatable bonds is 2. The van der Waals surface area contributed by atoms with Crippen LogP contribution in [0.4, 0.5) is 4.79 Å². The molecule has 2 saturated heterocycles. The Morgan fingerprint density at radius 2 is 1.89 bits per heavy atom. The van der Waals surface area contributed by atoms with Crippen molar-refractivity contribution in [1.82, 2.24) is 10.2 Å². The average Bonchev–Trinajstić information content (AvgIpc) is 3.01. The smallest absolute Gasteiger partial charge is 0.407 e. The Balaban J connectivity index is 1.34. The monoisotopic (exact) mass is 384 g/mol. The molecule has 1 N–H and O–H groups in total. The van der Waals surface area contributed by atoms with Gasteiger partial charge >= 0.3 is 6.09 Å². The molecular weight excluding hydrogens is 352 g/mol. The molecule has 2 atom stereocenters. The number of likely N-dealkylation sites (tertiary alicyclic amines) is 1. The Morgan fingerprint density at radius 1 is 1.21 bits per heavy atom. The van der Waals surface area contributed by atoms with E-state index in [0.29, 0.717) is 31.3 Å². The molecule has 5 nitrogen and oxygen atoms in total. The quantitative estimate of drug-likeness (QED) is 0.843. The topological polar surface area (TPSA) is 58.6 Å². The molecule has 1 aliphatic carbocycles. The minimum absolute atomic E-state index is 0.0248. The van der Waals surface area contributed by atoms with Gasteiger partial charge in [-0.05, 0) is 47.6 Å². The van der Waals surface area contributed by atoms with Crippen LogP contribution in [0.1, 0.15) is 64.0 Å². The number of hydrogen-bond acceptors (Lipinski definition) is 3. The molecule has 28 heavy (non-hydrogen) atoms. The van der Waals surface area contributed by atoms with E-state index in [1.54, 1.807) is 0 Å². The molecule has 0 bridgehead atoms. The van der Waals surface area contributed by atoms with E-state index >= 15 is 0 Å². The number of piperidine rings is 1. The fourth-order valence-electron chi connectivity index (χ4n) is 5.10. The van der Waals surface area contributed by atoms with Gasteiger partial charge in [-0.1, -0.05) is 52.0 Å². The molecule has 2 amide bonds. The van der Waals surface area contributed by atoms with Gasteiger partial charge in [0.25, 0.3) is 0 Å². The van der Waals surface area contributed by atoms with Crippen LogP contribution in [0.15, 0.2) is 24.3 Å². The predicted octanol–water partition coefficient (Wildman–Crippen LogP) is 3.82. The normalized spacial score (nSPS) is 32.6. The highest BCUT2D eigenvalue weighted by Gasteiger charge is 2.53. The van der Waals surface area contributed by atoms with Gasteiger partial charge in [0.2, 0.25) is 5.91 Å². The summed E-state index contributed by atoms with van der Waals surface area (Å²) in [6.07, 6.45) is 2.08. The Kier molecular flexibility index (Phi) is 4.67. The zero-order chi connectivity index (χ0) is 20.1. The molecule has 0 unspecified atom stereocenters. The second kappa shape index (κ2) is 6.78. The van der Waals surface area contributed by atoms with E-state index in [4.69, 9.17) is 4.74 Å². The highest BCUT2D eigenvalue weighted by molar-refractivity contribution is 5.81. The number of ether oxygens (including phenoxy) is 1. The molecule has 3 aliphatic rings. The van der Waals surface area contributed by atoms with Crippen molar-refractivity contribution < 1.29 is 14.3 Å². The van der Waals surface area contributed by atoms with E-state index in [2.05, 4.69) is 57.3 Å². The molecule has 0 aromatic heterocycles. The van der Waals surface area contributed by atoms with Gasteiger partial charge in [-0.15, -0.1) is 0 Å². The Labute approximate surface area is 167 Å². The standard InChI is InChI=1S/C23H32N2O3/c1-15-13-25(20(26)17-11-23(12-17)14-28-21(27)24-23)10-9-19(15)16-5-7-18(8-6-16)22(2,3)4/h5-8,15,17,19H,9-14H2,1-4H3,(H,24,27)/t15-,17?,19+,23?/m1/s1. The summed E-state index contributed by atoms with van der Waals surface area (Å²) in [5.41, 5.74) is 2.64. The highest BCUT2D eigenvalue weighted by Crippen LogP contribution is 2.42. The second-order valence-corrected chi connectivity index (χ2v) is 10.1. The van der Waals surface area contributed by atoms with Crippen molar-refractivity contribution in [2.45, 2.75) is 63.8 Å².